The van der Waals surface area contributed by atoms with Crippen LogP contribution in [-0.2, 0) is 9.59 Å². The van der Waals surface area contributed by atoms with Crippen molar-refractivity contribution in [3.63, 3.8) is 0 Å². The maximum absolute atomic E-state index is 13.4. The second-order valence-corrected chi connectivity index (χ2v) is 9.35. The molecule has 0 aromatic heterocycles. The quantitative estimate of drug-likeness (QED) is 0.293. The lowest BCUT2D eigenvalue weighted by atomic mass is 9.73. The summed E-state index contributed by atoms with van der Waals surface area (Å²) in [6, 6.07) is 22.5. The van der Waals surface area contributed by atoms with Gasteiger partial charge in [-0.3, -0.25) is 14.5 Å². The van der Waals surface area contributed by atoms with Crippen molar-refractivity contribution in [3.8, 4) is 5.75 Å². The molecule has 0 radical (unpaired) electrons. The van der Waals surface area contributed by atoms with Crippen LogP contribution in [0.1, 0.15) is 52.2 Å². The van der Waals surface area contributed by atoms with Gasteiger partial charge in [-0.25, -0.2) is 4.79 Å². The Morgan fingerprint density at radius 3 is 2.41 bits per heavy atom. The number of benzene rings is 3. The lowest BCUT2D eigenvalue weighted by Crippen LogP contribution is -2.31. The molecule has 3 atom stereocenters. The molecule has 5 heteroatoms. The Kier molecular flexibility index (Phi) is 5.78. The van der Waals surface area contributed by atoms with Crippen molar-refractivity contribution in [3.05, 3.63) is 95.1 Å². The first-order valence-corrected chi connectivity index (χ1v) is 11.7. The van der Waals surface area contributed by atoms with Gasteiger partial charge >= 0.3 is 5.97 Å². The van der Waals surface area contributed by atoms with E-state index in [0.29, 0.717) is 29.8 Å². The van der Waals surface area contributed by atoms with E-state index in [0.717, 1.165) is 17.5 Å². The van der Waals surface area contributed by atoms with Gasteiger partial charge in [0.2, 0.25) is 11.8 Å². The molecule has 0 spiro atoms. The lowest BCUT2D eigenvalue weighted by molar-refractivity contribution is -0.122. The number of fused-ring (bicyclic) bond motifs is 1. The van der Waals surface area contributed by atoms with Gasteiger partial charge in [-0.05, 0) is 80.0 Å². The Hall–Kier alpha value is -3.73. The summed E-state index contributed by atoms with van der Waals surface area (Å²) >= 11 is 0. The van der Waals surface area contributed by atoms with Crippen LogP contribution < -0.4 is 9.64 Å². The molecule has 0 bridgehead atoms. The molecule has 3 aromatic carbocycles. The van der Waals surface area contributed by atoms with Gasteiger partial charge in [-0.1, -0.05) is 48.5 Å². The van der Waals surface area contributed by atoms with E-state index < -0.39 is 5.97 Å². The van der Waals surface area contributed by atoms with Crippen molar-refractivity contribution < 1.29 is 19.1 Å². The number of carbonyl (C=O) groups is 3. The summed E-state index contributed by atoms with van der Waals surface area (Å²) in [6.07, 6.45) is 2.25. The molecule has 34 heavy (non-hydrogen) atoms. The van der Waals surface area contributed by atoms with E-state index in [1.807, 2.05) is 50.2 Å². The SMILES string of the molecule is Cc1ccc(C)c(OC(=O)c2cccc(N3C(=O)[C@@H]4CC[C@@H](c5ccccc5)C[C@H]4C3=O)c2)c1. The summed E-state index contributed by atoms with van der Waals surface area (Å²) in [6.45, 7) is 3.81. The van der Waals surface area contributed by atoms with Crippen molar-refractivity contribution >= 4 is 23.5 Å². The number of aryl methyl sites for hydroxylation is 2. The number of amides is 2. The van der Waals surface area contributed by atoms with Gasteiger partial charge in [0.05, 0.1) is 23.1 Å². The minimum atomic E-state index is -0.517. The molecule has 1 saturated heterocycles. The molecular formula is C29H27NO4. The third-order valence-electron chi connectivity index (χ3n) is 7.08. The van der Waals surface area contributed by atoms with Crippen molar-refractivity contribution in [1.29, 1.82) is 0 Å². The summed E-state index contributed by atoms with van der Waals surface area (Å²) in [5.74, 6) is -0.691. The van der Waals surface area contributed by atoms with Crippen LogP contribution in [0.2, 0.25) is 0 Å². The summed E-state index contributed by atoms with van der Waals surface area (Å²) in [4.78, 5) is 40.7. The van der Waals surface area contributed by atoms with Crippen LogP contribution in [0, 0.1) is 25.7 Å². The highest BCUT2D eigenvalue weighted by atomic mass is 16.5. The van der Waals surface area contributed by atoms with Gasteiger partial charge in [0.25, 0.3) is 0 Å². The molecular weight excluding hydrogens is 426 g/mol. The Morgan fingerprint density at radius 1 is 0.853 bits per heavy atom. The Morgan fingerprint density at radius 2 is 1.62 bits per heavy atom. The molecule has 172 valence electrons. The number of carbonyl (C=O) groups excluding carboxylic acids is 3. The van der Waals surface area contributed by atoms with Crippen LogP contribution in [-0.4, -0.2) is 17.8 Å². The molecule has 0 N–H and O–H groups in total. The monoisotopic (exact) mass is 453 g/mol. The third-order valence-corrected chi connectivity index (χ3v) is 7.08. The Bertz CT molecular complexity index is 1270. The molecule has 1 heterocycles. The first-order chi connectivity index (χ1) is 16.4. The maximum atomic E-state index is 13.4. The first kappa shape index (κ1) is 22.1. The summed E-state index contributed by atoms with van der Waals surface area (Å²) in [7, 11) is 0. The Labute approximate surface area is 199 Å². The summed E-state index contributed by atoms with van der Waals surface area (Å²) in [5.41, 5.74) is 3.80. The van der Waals surface area contributed by atoms with Gasteiger partial charge < -0.3 is 4.74 Å². The first-order valence-electron chi connectivity index (χ1n) is 11.7. The van der Waals surface area contributed by atoms with Crippen LogP contribution in [0.4, 0.5) is 5.69 Å². The fourth-order valence-corrected chi connectivity index (χ4v) is 5.21. The van der Waals surface area contributed by atoms with Crippen LogP contribution in [0.25, 0.3) is 0 Å². The smallest absolute Gasteiger partial charge is 0.343 e. The molecule has 1 aliphatic heterocycles. The van der Waals surface area contributed by atoms with Crippen molar-refractivity contribution in [2.24, 2.45) is 11.8 Å². The van der Waals surface area contributed by atoms with Gasteiger partial charge in [0.1, 0.15) is 5.75 Å². The van der Waals surface area contributed by atoms with E-state index in [1.165, 1.54) is 10.5 Å². The van der Waals surface area contributed by atoms with Crippen LogP contribution in [0.15, 0.2) is 72.8 Å². The number of esters is 1. The number of hydrogen-bond acceptors (Lipinski definition) is 4. The van der Waals surface area contributed by atoms with E-state index >= 15 is 0 Å². The van der Waals surface area contributed by atoms with Crippen LogP contribution in [0.3, 0.4) is 0 Å². The zero-order valence-corrected chi connectivity index (χ0v) is 19.4. The number of nitrogens with zero attached hydrogens (tertiary/aromatic N) is 1. The number of anilines is 1. The number of imide groups is 1. The number of rotatable bonds is 4. The molecule has 5 nitrogen and oxygen atoms in total. The standard InChI is InChI=1S/C29H27NO4/c1-18-11-12-19(2)26(15-18)34-29(33)22-9-6-10-23(16-22)30-27(31)24-14-13-21(17-25(24)28(30)32)20-7-4-3-5-8-20/h3-12,15-16,21,24-25H,13-14,17H2,1-2H3/t21-,24-,25-/m1/s1. The van der Waals surface area contributed by atoms with Crippen LogP contribution >= 0.6 is 0 Å². The highest BCUT2D eigenvalue weighted by Gasteiger charge is 2.50. The van der Waals surface area contributed by atoms with Gasteiger partial charge in [0.15, 0.2) is 0 Å². The van der Waals surface area contributed by atoms with E-state index in [9.17, 15) is 14.4 Å². The molecule has 3 aromatic rings. The predicted molar refractivity (Wildman–Crippen MR) is 130 cm³/mol. The van der Waals surface area contributed by atoms with Gasteiger partial charge in [-0.15, -0.1) is 0 Å². The van der Waals surface area contributed by atoms with E-state index in [-0.39, 0.29) is 29.6 Å². The molecule has 5 rings (SSSR count). The second-order valence-electron chi connectivity index (χ2n) is 9.35. The molecule has 1 aliphatic carbocycles. The highest BCUT2D eigenvalue weighted by Crippen LogP contribution is 2.45. The van der Waals surface area contributed by atoms with Crippen LogP contribution in [0.5, 0.6) is 5.75 Å². The highest BCUT2D eigenvalue weighted by molar-refractivity contribution is 6.22. The minimum absolute atomic E-state index is 0.165. The largest absolute Gasteiger partial charge is 0.423 e. The van der Waals surface area contributed by atoms with Gasteiger partial charge in [-0.2, -0.15) is 0 Å². The second kappa shape index (κ2) is 8.90. The fraction of sp³-hybridized carbons (Fsp3) is 0.276. The average molecular weight is 454 g/mol. The van der Waals surface area contributed by atoms with E-state index in [4.69, 9.17) is 4.74 Å². The van der Waals surface area contributed by atoms with E-state index in [2.05, 4.69) is 12.1 Å². The topological polar surface area (TPSA) is 63.7 Å². The summed E-state index contributed by atoms with van der Waals surface area (Å²) < 4.78 is 5.61. The molecule has 2 aliphatic rings. The molecule has 0 unspecified atom stereocenters. The third kappa shape index (κ3) is 4.03. The zero-order chi connectivity index (χ0) is 23.8. The molecule has 2 fully saturated rings. The lowest BCUT2D eigenvalue weighted by Gasteiger charge is -2.28. The van der Waals surface area contributed by atoms with E-state index in [1.54, 1.807) is 24.3 Å². The molecule has 1 saturated carbocycles. The van der Waals surface area contributed by atoms with Gasteiger partial charge in [0, 0.05) is 0 Å². The normalized spacial score (nSPS) is 21.9. The fourth-order valence-electron chi connectivity index (χ4n) is 5.21. The Balaban J connectivity index is 1.37. The van der Waals surface area contributed by atoms with Crippen molar-refractivity contribution in [1.82, 2.24) is 0 Å². The summed E-state index contributed by atoms with van der Waals surface area (Å²) in [5, 5.41) is 0. The predicted octanol–water partition coefficient (Wildman–Crippen LogP) is 5.60. The van der Waals surface area contributed by atoms with Crippen molar-refractivity contribution in [2.75, 3.05) is 4.90 Å². The zero-order valence-electron chi connectivity index (χ0n) is 19.4. The maximum Gasteiger partial charge on any atom is 0.343 e. The number of hydrogen-bond donors (Lipinski definition) is 0. The molecule has 2 amide bonds. The minimum Gasteiger partial charge on any atom is -0.423 e. The number of ether oxygens (including phenoxy) is 1. The average Bonchev–Trinajstić information content (AvgIpc) is 3.11. The van der Waals surface area contributed by atoms with Crippen molar-refractivity contribution in [2.45, 2.75) is 39.0 Å².